The summed E-state index contributed by atoms with van der Waals surface area (Å²) in [5.41, 5.74) is 1.91. The molecule has 0 aliphatic carbocycles. The molecule has 1 N–H and O–H groups in total. The summed E-state index contributed by atoms with van der Waals surface area (Å²) in [5, 5.41) is 0. The SMILES string of the molecule is CC1(C)COP(=O)(SCc2ccccc2CS[PH]2(O)OCC(C)(C)CO2)OC1. The van der Waals surface area contributed by atoms with Crippen LogP contribution in [0.15, 0.2) is 24.3 Å². The Morgan fingerprint density at radius 2 is 1.46 bits per heavy atom. The Kier molecular flexibility index (Phi) is 7.29. The molecule has 3 rings (SSSR count). The Morgan fingerprint density at radius 3 is 2.04 bits per heavy atom. The van der Waals surface area contributed by atoms with Gasteiger partial charge in [-0.15, -0.1) is 0 Å². The molecule has 1 aromatic carbocycles. The Bertz CT molecular complexity index is 719. The summed E-state index contributed by atoms with van der Waals surface area (Å²) in [5.74, 6) is 1.09. The van der Waals surface area contributed by atoms with Crippen molar-refractivity contribution in [2.75, 3.05) is 26.4 Å². The van der Waals surface area contributed by atoms with Crippen LogP contribution in [0.25, 0.3) is 0 Å². The topological polar surface area (TPSA) is 74.2 Å². The molecule has 0 spiro atoms. The first kappa shape index (κ1) is 23.1. The van der Waals surface area contributed by atoms with Gasteiger partial charge in [-0.05, 0) is 0 Å². The van der Waals surface area contributed by atoms with Gasteiger partial charge in [-0.1, -0.05) is 0 Å². The van der Waals surface area contributed by atoms with Crippen LogP contribution < -0.4 is 0 Å². The molecule has 0 atom stereocenters. The second-order valence-electron chi connectivity index (χ2n) is 8.75. The number of rotatable bonds is 6. The molecule has 0 aromatic heterocycles. The molecular weight excluding hydrogens is 438 g/mol. The van der Waals surface area contributed by atoms with E-state index in [1.165, 1.54) is 22.8 Å². The predicted octanol–water partition coefficient (Wildman–Crippen LogP) is 5.81. The molecule has 2 saturated heterocycles. The van der Waals surface area contributed by atoms with E-state index in [0.29, 0.717) is 37.9 Å². The van der Waals surface area contributed by atoms with Gasteiger partial charge < -0.3 is 0 Å². The van der Waals surface area contributed by atoms with Crippen LogP contribution in [0.4, 0.5) is 0 Å². The standard InChI is InChI=1S/C18H30O6P2S2/c1-17(2)11-21-25(19,22-12-17)27-9-15-7-5-6-8-16(15)10-28-26(20)23-13-18(3,4)14-24-26/h5-8,19,25H,9-14H2,1-4H3. The van der Waals surface area contributed by atoms with Crippen LogP contribution in [0.2, 0.25) is 0 Å². The summed E-state index contributed by atoms with van der Waals surface area (Å²) in [6.07, 6.45) is 0. The van der Waals surface area contributed by atoms with Crippen molar-refractivity contribution < 1.29 is 27.6 Å². The Labute approximate surface area is 176 Å². The second-order valence-corrected chi connectivity index (χ2v) is 17.4. The molecule has 2 fully saturated rings. The zero-order chi connectivity index (χ0) is 20.5. The van der Waals surface area contributed by atoms with Crippen LogP contribution in [0.1, 0.15) is 38.8 Å². The third kappa shape index (κ3) is 6.44. The van der Waals surface area contributed by atoms with Crippen LogP contribution in [0.3, 0.4) is 0 Å². The monoisotopic (exact) mass is 468 g/mol. The van der Waals surface area contributed by atoms with Crippen molar-refractivity contribution in [3.8, 4) is 0 Å². The van der Waals surface area contributed by atoms with Crippen LogP contribution in [-0.4, -0.2) is 31.3 Å². The summed E-state index contributed by atoms with van der Waals surface area (Å²) < 4.78 is 35.2. The average molecular weight is 469 g/mol. The fraction of sp³-hybridized carbons (Fsp3) is 0.667. The van der Waals surface area contributed by atoms with Gasteiger partial charge in [0.25, 0.3) is 0 Å². The first-order valence-electron chi connectivity index (χ1n) is 9.25. The maximum atomic E-state index is 12.8. The van der Waals surface area contributed by atoms with Crippen molar-refractivity contribution in [1.82, 2.24) is 0 Å². The molecule has 2 aliphatic rings. The molecule has 2 aliphatic heterocycles. The van der Waals surface area contributed by atoms with E-state index < -0.39 is 13.9 Å². The van der Waals surface area contributed by atoms with E-state index in [1.54, 1.807) is 0 Å². The van der Waals surface area contributed by atoms with Crippen molar-refractivity contribution in [3.63, 3.8) is 0 Å². The fourth-order valence-corrected chi connectivity index (χ4v) is 9.91. The molecule has 28 heavy (non-hydrogen) atoms. The average Bonchev–Trinajstić information content (AvgIpc) is 2.65. The summed E-state index contributed by atoms with van der Waals surface area (Å²) in [6.45, 7) is 6.87. The van der Waals surface area contributed by atoms with Crippen LogP contribution in [-0.2, 0) is 34.2 Å². The van der Waals surface area contributed by atoms with Crippen molar-refractivity contribution in [1.29, 1.82) is 0 Å². The molecule has 1 aromatic rings. The molecule has 0 saturated carbocycles. The van der Waals surface area contributed by atoms with Gasteiger partial charge in [0.1, 0.15) is 0 Å². The van der Waals surface area contributed by atoms with E-state index >= 15 is 0 Å². The number of benzene rings is 1. The van der Waals surface area contributed by atoms with Gasteiger partial charge in [-0.3, -0.25) is 0 Å². The number of hydrogen-bond donors (Lipinski definition) is 1. The van der Waals surface area contributed by atoms with Gasteiger partial charge in [0.05, 0.1) is 0 Å². The molecular formula is C18H30O6P2S2. The van der Waals surface area contributed by atoms with E-state index in [0.717, 1.165) is 11.1 Å². The van der Waals surface area contributed by atoms with Gasteiger partial charge >= 0.3 is 176 Å². The normalized spacial score (nSPS) is 26.5. The minimum atomic E-state index is -3.21. The summed E-state index contributed by atoms with van der Waals surface area (Å²) in [6, 6.07) is 7.92. The third-order valence-electron chi connectivity index (χ3n) is 4.42. The van der Waals surface area contributed by atoms with Crippen molar-refractivity contribution in [2.45, 2.75) is 39.2 Å². The molecule has 10 heteroatoms. The number of hydrogen-bond acceptors (Lipinski definition) is 8. The van der Waals surface area contributed by atoms with Crippen LogP contribution in [0.5, 0.6) is 0 Å². The molecule has 0 amide bonds. The molecule has 0 bridgehead atoms. The van der Waals surface area contributed by atoms with Gasteiger partial charge in [0, 0.05) is 0 Å². The zero-order valence-electron chi connectivity index (χ0n) is 16.8. The van der Waals surface area contributed by atoms with Crippen molar-refractivity contribution in [3.05, 3.63) is 35.4 Å². The van der Waals surface area contributed by atoms with Crippen LogP contribution in [0, 0.1) is 10.8 Å². The van der Waals surface area contributed by atoms with Gasteiger partial charge in [0.2, 0.25) is 0 Å². The maximum absolute atomic E-state index is 12.8. The fourth-order valence-electron chi connectivity index (χ4n) is 2.56. The molecule has 2 heterocycles. The first-order chi connectivity index (χ1) is 13.0. The molecule has 0 radical (unpaired) electrons. The zero-order valence-corrected chi connectivity index (χ0v) is 20.3. The quantitative estimate of drug-likeness (QED) is 0.525. The van der Waals surface area contributed by atoms with Crippen molar-refractivity contribution >= 4 is 36.7 Å². The van der Waals surface area contributed by atoms with Crippen LogP contribution >= 0.6 is 36.7 Å². The van der Waals surface area contributed by atoms with Gasteiger partial charge in [-0.2, -0.15) is 0 Å². The van der Waals surface area contributed by atoms with E-state index in [1.807, 2.05) is 38.1 Å². The van der Waals surface area contributed by atoms with E-state index in [2.05, 4.69) is 13.8 Å². The summed E-state index contributed by atoms with van der Waals surface area (Å²) >= 11 is 2.55. The minimum absolute atomic E-state index is 0.0744. The third-order valence-corrected chi connectivity index (χ3v) is 12.1. The summed E-state index contributed by atoms with van der Waals surface area (Å²) in [4.78, 5) is 10.6. The van der Waals surface area contributed by atoms with E-state index in [-0.39, 0.29) is 10.8 Å². The predicted molar refractivity (Wildman–Crippen MR) is 119 cm³/mol. The van der Waals surface area contributed by atoms with E-state index in [9.17, 15) is 9.46 Å². The van der Waals surface area contributed by atoms with Crippen molar-refractivity contribution in [2.24, 2.45) is 10.8 Å². The van der Waals surface area contributed by atoms with Gasteiger partial charge in [-0.25, -0.2) is 0 Å². The summed E-state index contributed by atoms with van der Waals surface area (Å²) in [7, 11) is -3.21. The molecule has 6 nitrogen and oxygen atoms in total. The Morgan fingerprint density at radius 1 is 0.964 bits per heavy atom. The Hall–Kier alpha value is 0.380. The first-order valence-corrected chi connectivity index (χ1v) is 15.9. The van der Waals surface area contributed by atoms with Gasteiger partial charge in [0.15, 0.2) is 0 Å². The second kappa shape index (κ2) is 8.86. The molecule has 160 valence electrons. The Balaban J connectivity index is 1.57. The molecule has 0 unspecified atom stereocenters. The van der Waals surface area contributed by atoms with E-state index in [4.69, 9.17) is 18.1 Å².